The van der Waals surface area contributed by atoms with Crippen molar-refractivity contribution in [2.24, 2.45) is 0 Å². The van der Waals surface area contributed by atoms with Gasteiger partial charge < -0.3 is 10.1 Å². The van der Waals surface area contributed by atoms with Crippen molar-refractivity contribution in [1.29, 1.82) is 0 Å². The highest BCUT2D eigenvalue weighted by Crippen LogP contribution is 2.28. The average Bonchev–Trinajstić information content (AvgIpc) is 2.77. The molecule has 2 saturated heterocycles. The van der Waals surface area contributed by atoms with Crippen molar-refractivity contribution < 1.29 is 4.74 Å². The fourth-order valence-corrected chi connectivity index (χ4v) is 4.52. The van der Waals surface area contributed by atoms with Crippen LogP contribution in [0.2, 0.25) is 0 Å². The fourth-order valence-electron chi connectivity index (χ4n) is 4.52. The molecule has 2 atom stereocenters. The molecule has 2 aliphatic heterocycles. The van der Waals surface area contributed by atoms with Crippen molar-refractivity contribution in [2.45, 2.75) is 24.9 Å². The summed E-state index contributed by atoms with van der Waals surface area (Å²) in [6.07, 6.45) is 1.20. The average molecular weight is 380 g/mol. The monoisotopic (exact) mass is 379 g/mol. The predicted molar refractivity (Wildman–Crippen MR) is 115 cm³/mol. The highest BCUT2D eigenvalue weighted by atomic mass is 16.5. The number of benzene rings is 2. The second kappa shape index (κ2) is 10.2. The molecular formula is C24H33N3O. The third kappa shape index (κ3) is 5.42. The summed E-state index contributed by atoms with van der Waals surface area (Å²) < 4.78 is 5.46. The number of rotatable bonds is 7. The summed E-state index contributed by atoms with van der Waals surface area (Å²) in [5, 5.41) is 3.89. The van der Waals surface area contributed by atoms with E-state index in [0.29, 0.717) is 12.0 Å². The molecule has 0 saturated carbocycles. The Morgan fingerprint density at radius 2 is 1.57 bits per heavy atom. The van der Waals surface area contributed by atoms with Crippen molar-refractivity contribution in [3.63, 3.8) is 0 Å². The van der Waals surface area contributed by atoms with E-state index in [9.17, 15) is 0 Å². The molecule has 0 radical (unpaired) electrons. The molecule has 2 aliphatic rings. The molecule has 4 heteroatoms. The SMILES string of the molecule is c1ccc(CN2CCC(NCCN3CCOCC3)C(c3ccccc3)C2)cc1. The molecule has 0 bridgehead atoms. The maximum Gasteiger partial charge on any atom is 0.0594 e. The lowest BCUT2D eigenvalue weighted by Gasteiger charge is -2.40. The minimum atomic E-state index is 0.545. The van der Waals surface area contributed by atoms with Crippen molar-refractivity contribution in [3.05, 3.63) is 71.8 Å². The maximum absolute atomic E-state index is 5.46. The van der Waals surface area contributed by atoms with E-state index in [1.54, 1.807) is 0 Å². The molecule has 0 aromatic heterocycles. The zero-order valence-corrected chi connectivity index (χ0v) is 16.8. The second-order valence-corrected chi connectivity index (χ2v) is 8.04. The van der Waals surface area contributed by atoms with Gasteiger partial charge in [0.1, 0.15) is 0 Å². The van der Waals surface area contributed by atoms with Crippen LogP contribution in [0.25, 0.3) is 0 Å². The largest absolute Gasteiger partial charge is 0.379 e. The molecule has 4 rings (SSSR count). The van der Waals surface area contributed by atoms with E-state index >= 15 is 0 Å². The first kappa shape index (κ1) is 19.6. The lowest BCUT2D eigenvalue weighted by atomic mass is 9.85. The number of morpholine rings is 1. The van der Waals surface area contributed by atoms with Crippen molar-refractivity contribution in [1.82, 2.24) is 15.1 Å². The zero-order chi connectivity index (χ0) is 19.0. The van der Waals surface area contributed by atoms with Gasteiger partial charge in [0.15, 0.2) is 0 Å². The van der Waals surface area contributed by atoms with E-state index in [0.717, 1.165) is 59.0 Å². The maximum atomic E-state index is 5.46. The third-order valence-corrected chi connectivity index (χ3v) is 6.11. The molecule has 150 valence electrons. The first-order valence-corrected chi connectivity index (χ1v) is 10.7. The lowest BCUT2D eigenvalue weighted by Crippen LogP contribution is -2.50. The summed E-state index contributed by atoms with van der Waals surface area (Å²) in [4.78, 5) is 5.13. The minimum absolute atomic E-state index is 0.545. The smallest absolute Gasteiger partial charge is 0.0594 e. The quantitative estimate of drug-likeness (QED) is 0.800. The summed E-state index contributed by atoms with van der Waals surface area (Å²) in [6.45, 7) is 9.40. The first-order chi connectivity index (χ1) is 13.9. The van der Waals surface area contributed by atoms with Crippen LogP contribution in [0.15, 0.2) is 60.7 Å². The number of hydrogen-bond acceptors (Lipinski definition) is 4. The molecule has 0 aliphatic carbocycles. The number of hydrogen-bond donors (Lipinski definition) is 1. The van der Waals surface area contributed by atoms with Crippen LogP contribution >= 0.6 is 0 Å². The van der Waals surface area contributed by atoms with Crippen LogP contribution in [0.4, 0.5) is 0 Å². The van der Waals surface area contributed by atoms with Gasteiger partial charge >= 0.3 is 0 Å². The van der Waals surface area contributed by atoms with Crippen LogP contribution in [0, 0.1) is 0 Å². The van der Waals surface area contributed by atoms with E-state index in [-0.39, 0.29) is 0 Å². The van der Waals surface area contributed by atoms with Crippen LogP contribution in [0.1, 0.15) is 23.5 Å². The summed E-state index contributed by atoms with van der Waals surface area (Å²) in [5.41, 5.74) is 2.87. The van der Waals surface area contributed by atoms with Crippen molar-refractivity contribution in [2.75, 3.05) is 52.5 Å². The molecular weight excluding hydrogens is 346 g/mol. The molecule has 2 fully saturated rings. The molecule has 1 N–H and O–H groups in total. The van der Waals surface area contributed by atoms with Crippen LogP contribution in [0.3, 0.4) is 0 Å². The molecule has 28 heavy (non-hydrogen) atoms. The van der Waals surface area contributed by atoms with Crippen LogP contribution in [-0.2, 0) is 11.3 Å². The van der Waals surface area contributed by atoms with E-state index in [1.807, 2.05) is 0 Å². The van der Waals surface area contributed by atoms with Gasteiger partial charge in [-0.05, 0) is 17.5 Å². The Labute approximate surface area is 169 Å². The highest BCUT2D eigenvalue weighted by Gasteiger charge is 2.30. The number of likely N-dealkylation sites (tertiary alicyclic amines) is 1. The molecule has 2 aromatic rings. The summed E-state index contributed by atoms with van der Waals surface area (Å²) in [7, 11) is 0. The van der Waals surface area contributed by atoms with Gasteiger partial charge in [-0.25, -0.2) is 0 Å². The number of piperidine rings is 1. The van der Waals surface area contributed by atoms with E-state index in [1.165, 1.54) is 17.5 Å². The van der Waals surface area contributed by atoms with Crippen molar-refractivity contribution in [3.8, 4) is 0 Å². The Morgan fingerprint density at radius 1 is 0.857 bits per heavy atom. The van der Waals surface area contributed by atoms with E-state index < -0.39 is 0 Å². The summed E-state index contributed by atoms with van der Waals surface area (Å²) >= 11 is 0. The highest BCUT2D eigenvalue weighted by molar-refractivity contribution is 5.23. The first-order valence-electron chi connectivity index (χ1n) is 10.7. The van der Waals surface area contributed by atoms with Crippen LogP contribution < -0.4 is 5.32 Å². The molecule has 2 unspecified atom stereocenters. The normalized spacial score (nSPS) is 24.3. The van der Waals surface area contributed by atoms with Gasteiger partial charge in [0.25, 0.3) is 0 Å². The number of nitrogens with zero attached hydrogens (tertiary/aromatic N) is 2. The molecule has 0 amide bonds. The summed E-state index contributed by atoms with van der Waals surface area (Å²) in [5.74, 6) is 0.545. The summed E-state index contributed by atoms with van der Waals surface area (Å²) in [6, 6.07) is 22.5. The Balaban J connectivity index is 1.36. The number of ether oxygens (including phenoxy) is 1. The minimum Gasteiger partial charge on any atom is -0.379 e. The number of nitrogens with one attached hydrogen (secondary N) is 1. The van der Waals surface area contributed by atoms with Gasteiger partial charge in [-0.1, -0.05) is 60.7 Å². The Bertz CT molecular complexity index is 688. The zero-order valence-electron chi connectivity index (χ0n) is 16.8. The fraction of sp³-hybridized carbons (Fsp3) is 0.500. The van der Waals surface area contributed by atoms with Crippen molar-refractivity contribution >= 4 is 0 Å². The van der Waals surface area contributed by atoms with E-state index in [2.05, 4.69) is 75.8 Å². The predicted octanol–water partition coefficient (Wildman–Crippen LogP) is 2.97. The Morgan fingerprint density at radius 3 is 2.32 bits per heavy atom. The van der Waals surface area contributed by atoms with E-state index in [4.69, 9.17) is 4.74 Å². The molecule has 0 spiro atoms. The molecule has 2 heterocycles. The van der Waals surface area contributed by atoms with Gasteiger partial charge in [0.05, 0.1) is 13.2 Å². The van der Waals surface area contributed by atoms with Gasteiger partial charge in [-0.2, -0.15) is 0 Å². The standard InChI is InChI=1S/C24H33N3O/c1-3-7-21(8-4-1)19-27-13-11-24(23(20-27)22-9-5-2-6-10-22)25-12-14-26-15-17-28-18-16-26/h1-10,23-25H,11-20H2. The Hall–Kier alpha value is -1.72. The second-order valence-electron chi connectivity index (χ2n) is 8.04. The van der Waals surface area contributed by atoms with Gasteiger partial charge in [0.2, 0.25) is 0 Å². The molecule has 4 nitrogen and oxygen atoms in total. The topological polar surface area (TPSA) is 27.7 Å². The third-order valence-electron chi connectivity index (χ3n) is 6.11. The van der Waals surface area contributed by atoms with Gasteiger partial charge in [0, 0.05) is 57.8 Å². The van der Waals surface area contributed by atoms with Gasteiger partial charge in [-0.15, -0.1) is 0 Å². The molecule has 2 aromatic carbocycles. The van der Waals surface area contributed by atoms with Crippen LogP contribution in [-0.4, -0.2) is 68.3 Å². The Kier molecular flexibility index (Phi) is 7.12. The van der Waals surface area contributed by atoms with Crippen LogP contribution in [0.5, 0.6) is 0 Å². The lowest BCUT2D eigenvalue weighted by molar-refractivity contribution is 0.0375. The van der Waals surface area contributed by atoms with Gasteiger partial charge in [-0.3, -0.25) is 9.80 Å².